The fourth-order valence-corrected chi connectivity index (χ4v) is 3.57. The van der Waals surface area contributed by atoms with Crippen molar-refractivity contribution in [3.63, 3.8) is 0 Å². The molecule has 0 bridgehead atoms. The summed E-state index contributed by atoms with van der Waals surface area (Å²) in [6.07, 6.45) is 1.50. The van der Waals surface area contributed by atoms with Gasteiger partial charge in [0, 0.05) is 46.4 Å². The molecule has 0 aromatic heterocycles. The van der Waals surface area contributed by atoms with Crippen LogP contribution in [0.2, 0.25) is 5.02 Å². The Kier molecular flexibility index (Phi) is 6.00. The number of anilines is 1. The van der Waals surface area contributed by atoms with Crippen LogP contribution in [0, 0.1) is 0 Å². The lowest BCUT2D eigenvalue weighted by atomic mass is 10.2. The molecule has 25 heavy (non-hydrogen) atoms. The van der Waals surface area contributed by atoms with Gasteiger partial charge in [-0.25, -0.2) is 0 Å². The molecule has 3 rings (SSSR count). The lowest BCUT2D eigenvalue weighted by Gasteiger charge is -2.15. The van der Waals surface area contributed by atoms with Crippen LogP contribution in [0.3, 0.4) is 0 Å². The number of halogens is 1. The average molecular weight is 375 g/mol. The summed E-state index contributed by atoms with van der Waals surface area (Å²) in [7, 11) is 0. The van der Waals surface area contributed by atoms with Crippen LogP contribution >= 0.6 is 23.4 Å². The zero-order chi connectivity index (χ0) is 17.6. The minimum Gasteiger partial charge on any atom is -0.351 e. The molecule has 0 aliphatic carbocycles. The monoisotopic (exact) mass is 374 g/mol. The Bertz CT molecular complexity index is 747. The van der Waals surface area contributed by atoms with Gasteiger partial charge in [-0.15, -0.1) is 11.8 Å². The summed E-state index contributed by atoms with van der Waals surface area (Å²) in [5, 5.41) is 3.63. The van der Waals surface area contributed by atoms with Crippen LogP contribution in [0.5, 0.6) is 0 Å². The van der Waals surface area contributed by atoms with Gasteiger partial charge < -0.3 is 10.2 Å². The van der Waals surface area contributed by atoms with Crippen LogP contribution < -0.4 is 10.2 Å². The van der Waals surface area contributed by atoms with Crippen molar-refractivity contribution in [3.8, 4) is 0 Å². The van der Waals surface area contributed by atoms with Gasteiger partial charge in [-0.1, -0.05) is 11.6 Å². The number of benzene rings is 2. The molecule has 1 aliphatic rings. The summed E-state index contributed by atoms with van der Waals surface area (Å²) >= 11 is 7.52. The predicted molar refractivity (Wildman–Crippen MR) is 103 cm³/mol. The molecule has 6 heteroatoms. The smallest absolute Gasteiger partial charge is 0.251 e. The Hall–Kier alpha value is -1.98. The third kappa shape index (κ3) is 4.77. The van der Waals surface area contributed by atoms with Crippen molar-refractivity contribution in [2.75, 3.05) is 23.7 Å². The zero-order valence-electron chi connectivity index (χ0n) is 13.7. The van der Waals surface area contributed by atoms with Crippen LogP contribution in [-0.4, -0.2) is 30.7 Å². The Morgan fingerprint density at radius 1 is 1.12 bits per heavy atom. The first-order chi connectivity index (χ1) is 12.1. The second-order valence-electron chi connectivity index (χ2n) is 5.75. The lowest BCUT2D eigenvalue weighted by molar-refractivity contribution is -0.117. The van der Waals surface area contributed by atoms with E-state index in [1.165, 1.54) is 0 Å². The molecule has 0 saturated carbocycles. The Balaban J connectivity index is 1.46. The predicted octanol–water partition coefficient (Wildman–Crippen LogP) is 3.99. The zero-order valence-corrected chi connectivity index (χ0v) is 15.3. The summed E-state index contributed by atoms with van der Waals surface area (Å²) in [6.45, 7) is 1.34. The van der Waals surface area contributed by atoms with Crippen LogP contribution in [0.4, 0.5) is 5.69 Å². The van der Waals surface area contributed by atoms with Crippen molar-refractivity contribution < 1.29 is 9.59 Å². The first kappa shape index (κ1) is 17.8. The standard InChI is InChI=1S/C19H19ClN2O2S/c20-15-5-9-17(10-6-15)25-13-11-21-19(24)14-3-7-16(8-4-14)22-12-1-2-18(22)23/h3-10H,1-2,11-13H2,(H,21,24). The van der Waals surface area contributed by atoms with Crippen molar-refractivity contribution in [1.29, 1.82) is 0 Å². The van der Waals surface area contributed by atoms with Crippen LogP contribution in [-0.2, 0) is 4.79 Å². The molecule has 0 spiro atoms. The van der Waals surface area contributed by atoms with Gasteiger partial charge >= 0.3 is 0 Å². The summed E-state index contributed by atoms with van der Waals surface area (Å²) in [5.74, 6) is 0.834. The van der Waals surface area contributed by atoms with Gasteiger partial charge in [0.15, 0.2) is 0 Å². The van der Waals surface area contributed by atoms with Gasteiger partial charge in [0.25, 0.3) is 5.91 Å². The highest BCUT2D eigenvalue weighted by atomic mass is 35.5. The number of rotatable bonds is 6. The quantitative estimate of drug-likeness (QED) is 0.614. The highest BCUT2D eigenvalue weighted by molar-refractivity contribution is 7.99. The number of amides is 2. The van der Waals surface area contributed by atoms with E-state index in [0.29, 0.717) is 18.5 Å². The number of nitrogens with one attached hydrogen (secondary N) is 1. The van der Waals surface area contributed by atoms with Gasteiger partial charge in [-0.3, -0.25) is 9.59 Å². The Labute approximate surface area is 156 Å². The second kappa shape index (κ2) is 8.41. The first-order valence-electron chi connectivity index (χ1n) is 8.20. The minimum absolute atomic E-state index is 0.101. The number of hydrogen-bond acceptors (Lipinski definition) is 3. The van der Waals surface area contributed by atoms with Crippen molar-refractivity contribution in [3.05, 3.63) is 59.1 Å². The van der Waals surface area contributed by atoms with E-state index < -0.39 is 0 Å². The van der Waals surface area contributed by atoms with Gasteiger partial charge in [-0.2, -0.15) is 0 Å². The van der Waals surface area contributed by atoms with E-state index in [4.69, 9.17) is 11.6 Å². The molecule has 1 saturated heterocycles. The maximum absolute atomic E-state index is 12.2. The largest absolute Gasteiger partial charge is 0.351 e. The third-order valence-electron chi connectivity index (χ3n) is 3.98. The number of carbonyl (C=O) groups is 2. The van der Waals surface area contributed by atoms with E-state index in [2.05, 4.69) is 5.32 Å². The molecule has 2 aromatic carbocycles. The molecule has 0 atom stereocenters. The SMILES string of the molecule is O=C(NCCSc1ccc(Cl)cc1)c1ccc(N2CCCC2=O)cc1. The van der Waals surface area contributed by atoms with Crippen molar-refractivity contribution in [2.45, 2.75) is 17.7 Å². The van der Waals surface area contributed by atoms with E-state index in [1.54, 1.807) is 28.8 Å². The van der Waals surface area contributed by atoms with Gasteiger partial charge in [-0.05, 0) is 55.0 Å². The molecule has 1 heterocycles. The maximum Gasteiger partial charge on any atom is 0.251 e. The molecule has 4 nitrogen and oxygen atoms in total. The molecule has 0 unspecified atom stereocenters. The highest BCUT2D eigenvalue weighted by Gasteiger charge is 2.21. The number of nitrogens with zero attached hydrogens (tertiary/aromatic N) is 1. The third-order valence-corrected chi connectivity index (χ3v) is 5.25. The van der Waals surface area contributed by atoms with Crippen LogP contribution in [0.1, 0.15) is 23.2 Å². The first-order valence-corrected chi connectivity index (χ1v) is 9.57. The summed E-state index contributed by atoms with van der Waals surface area (Å²) in [5.41, 5.74) is 1.46. The molecule has 1 N–H and O–H groups in total. The molecule has 130 valence electrons. The van der Waals surface area contributed by atoms with E-state index in [-0.39, 0.29) is 11.8 Å². The lowest BCUT2D eigenvalue weighted by Crippen LogP contribution is -2.26. The molecular weight excluding hydrogens is 356 g/mol. The summed E-state index contributed by atoms with van der Waals surface area (Å²) < 4.78 is 0. The number of hydrogen-bond donors (Lipinski definition) is 1. The number of carbonyl (C=O) groups excluding carboxylic acids is 2. The summed E-state index contributed by atoms with van der Waals surface area (Å²) in [6, 6.07) is 14.8. The molecular formula is C19H19ClN2O2S. The average Bonchev–Trinajstić information content (AvgIpc) is 3.06. The topological polar surface area (TPSA) is 49.4 Å². The Morgan fingerprint density at radius 3 is 2.48 bits per heavy atom. The summed E-state index contributed by atoms with van der Waals surface area (Å²) in [4.78, 5) is 26.8. The van der Waals surface area contributed by atoms with Gasteiger partial charge in [0.2, 0.25) is 5.91 Å². The normalized spacial score (nSPS) is 14.0. The van der Waals surface area contributed by atoms with E-state index >= 15 is 0 Å². The van der Waals surface area contributed by atoms with E-state index in [0.717, 1.165) is 34.3 Å². The molecule has 1 fully saturated rings. The van der Waals surface area contributed by atoms with Crippen molar-refractivity contribution >= 4 is 40.9 Å². The molecule has 0 radical (unpaired) electrons. The second-order valence-corrected chi connectivity index (χ2v) is 7.36. The van der Waals surface area contributed by atoms with Gasteiger partial charge in [0.1, 0.15) is 0 Å². The molecule has 2 aromatic rings. The van der Waals surface area contributed by atoms with Gasteiger partial charge in [0.05, 0.1) is 0 Å². The number of thioether (sulfide) groups is 1. The highest BCUT2D eigenvalue weighted by Crippen LogP contribution is 2.22. The fourth-order valence-electron chi connectivity index (χ4n) is 2.68. The maximum atomic E-state index is 12.2. The minimum atomic E-state index is -0.101. The fraction of sp³-hybridized carbons (Fsp3) is 0.263. The van der Waals surface area contributed by atoms with Crippen molar-refractivity contribution in [2.24, 2.45) is 0 Å². The van der Waals surface area contributed by atoms with Crippen molar-refractivity contribution in [1.82, 2.24) is 5.32 Å². The molecule has 2 amide bonds. The van der Waals surface area contributed by atoms with Crippen LogP contribution in [0.25, 0.3) is 0 Å². The van der Waals surface area contributed by atoms with Crippen LogP contribution in [0.15, 0.2) is 53.4 Å². The van der Waals surface area contributed by atoms with E-state index in [9.17, 15) is 9.59 Å². The van der Waals surface area contributed by atoms with E-state index in [1.807, 2.05) is 36.4 Å². The Morgan fingerprint density at radius 2 is 1.84 bits per heavy atom. The molecule has 1 aliphatic heterocycles.